The highest BCUT2D eigenvalue weighted by atomic mass is 16.8. The third kappa shape index (κ3) is 3.34. The van der Waals surface area contributed by atoms with Gasteiger partial charge in [0.25, 0.3) is 0 Å². The molecule has 3 rings (SSSR count). The fourth-order valence-corrected chi connectivity index (χ4v) is 3.09. The second kappa shape index (κ2) is 6.26. The number of aliphatic hydroxyl groups excluding tert-OH is 1. The minimum absolute atomic E-state index is 0.0575. The first kappa shape index (κ1) is 15.9. The van der Waals surface area contributed by atoms with E-state index in [0.29, 0.717) is 6.61 Å². The van der Waals surface area contributed by atoms with Gasteiger partial charge in [-0.05, 0) is 19.4 Å². The Morgan fingerprint density at radius 2 is 1.95 bits per heavy atom. The summed E-state index contributed by atoms with van der Waals surface area (Å²) in [6.45, 7) is 6.46. The normalized spacial score (nSPS) is 34.5. The van der Waals surface area contributed by atoms with Crippen molar-refractivity contribution >= 4 is 0 Å². The SMILES string of the molecule is C[C@H]1[C@H]2OC(C)(C)O[C@H]2O[C@@H]1[C@H](O)COCc1ccccc1. The van der Waals surface area contributed by atoms with Crippen molar-refractivity contribution < 1.29 is 24.1 Å². The summed E-state index contributed by atoms with van der Waals surface area (Å²) in [6.07, 6.45) is -1.57. The van der Waals surface area contributed by atoms with Gasteiger partial charge >= 0.3 is 0 Å². The van der Waals surface area contributed by atoms with Gasteiger partial charge in [-0.25, -0.2) is 0 Å². The lowest BCUT2D eigenvalue weighted by molar-refractivity contribution is -0.222. The molecule has 0 unspecified atom stereocenters. The molecular formula is C17H24O5. The number of benzene rings is 1. The Morgan fingerprint density at radius 1 is 1.23 bits per heavy atom. The second-order valence-electron chi connectivity index (χ2n) is 6.50. The van der Waals surface area contributed by atoms with Crippen LogP contribution in [0.4, 0.5) is 0 Å². The van der Waals surface area contributed by atoms with Crippen LogP contribution in [0.3, 0.4) is 0 Å². The first-order chi connectivity index (χ1) is 10.5. The van der Waals surface area contributed by atoms with E-state index in [9.17, 15) is 5.11 Å². The van der Waals surface area contributed by atoms with Gasteiger partial charge in [0.1, 0.15) is 12.2 Å². The van der Waals surface area contributed by atoms with Crippen LogP contribution in [0.15, 0.2) is 30.3 Å². The van der Waals surface area contributed by atoms with Crippen molar-refractivity contribution in [3.05, 3.63) is 35.9 Å². The molecule has 0 aliphatic carbocycles. The van der Waals surface area contributed by atoms with Crippen LogP contribution in [-0.2, 0) is 25.6 Å². The topological polar surface area (TPSA) is 57.2 Å². The first-order valence-electron chi connectivity index (χ1n) is 7.77. The monoisotopic (exact) mass is 308 g/mol. The molecule has 2 fully saturated rings. The minimum Gasteiger partial charge on any atom is -0.388 e. The van der Waals surface area contributed by atoms with Gasteiger partial charge in [-0.15, -0.1) is 0 Å². The van der Waals surface area contributed by atoms with Crippen molar-refractivity contribution in [2.45, 2.75) is 57.8 Å². The third-order valence-corrected chi connectivity index (χ3v) is 4.20. The maximum atomic E-state index is 10.3. The van der Waals surface area contributed by atoms with Crippen LogP contribution in [0.5, 0.6) is 0 Å². The summed E-state index contributed by atoms with van der Waals surface area (Å²) in [6, 6.07) is 9.89. The van der Waals surface area contributed by atoms with Crippen LogP contribution in [0.1, 0.15) is 26.3 Å². The van der Waals surface area contributed by atoms with Crippen LogP contribution in [0.25, 0.3) is 0 Å². The molecular weight excluding hydrogens is 284 g/mol. The van der Waals surface area contributed by atoms with Gasteiger partial charge < -0.3 is 24.1 Å². The highest BCUT2D eigenvalue weighted by Crippen LogP contribution is 2.41. The smallest absolute Gasteiger partial charge is 0.187 e. The predicted octanol–water partition coefficient (Wildman–Crippen LogP) is 2.08. The van der Waals surface area contributed by atoms with E-state index < -0.39 is 18.2 Å². The van der Waals surface area contributed by atoms with E-state index in [1.54, 1.807) is 0 Å². The molecule has 0 saturated carbocycles. The van der Waals surface area contributed by atoms with E-state index in [-0.39, 0.29) is 24.7 Å². The molecule has 2 heterocycles. The zero-order valence-corrected chi connectivity index (χ0v) is 13.3. The van der Waals surface area contributed by atoms with Crippen LogP contribution < -0.4 is 0 Å². The van der Waals surface area contributed by atoms with Gasteiger partial charge in [-0.2, -0.15) is 0 Å². The van der Waals surface area contributed by atoms with E-state index >= 15 is 0 Å². The summed E-state index contributed by atoms with van der Waals surface area (Å²) in [5.41, 5.74) is 1.08. The van der Waals surface area contributed by atoms with Gasteiger partial charge in [0.2, 0.25) is 0 Å². The molecule has 122 valence electrons. The van der Waals surface area contributed by atoms with Crippen molar-refractivity contribution in [2.24, 2.45) is 5.92 Å². The van der Waals surface area contributed by atoms with E-state index in [2.05, 4.69) is 0 Å². The van der Waals surface area contributed by atoms with E-state index in [0.717, 1.165) is 5.56 Å². The van der Waals surface area contributed by atoms with Gasteiger partial charge in [0, 0.05) is 5.92 Å². The molecule has 0 aromatic heterocycles. The number of rotatable bonds is 5. The number of fused-ring (bicyclic) bond motifs is 1. The molecule has 5 atom stereocenters. The Bertz CT molecular complexity index is 489. The first-order valence-corrected chi connectivity index (χ1v) is 7.77. The maximum absolute atomic E-state index is 10.3. The largest absolute Gasteiger partial charge is 0.388 e. The molecule has 1 aromatic rings. The van der Waals surface area contributed by atoms with Crippen molar-refractivity contribution in [1.82, 2.24) is 0 Å². The fraction of sp³-hybridized carbons (Fsp3) is 0.647. The Balaban J connectivity index is 1.48. The predicted molar refractivity (Wildman–Crippen MR) is 80.0 cm³/mol. The summed E-state index contributed by atoms with van der Waals surface area (Å²) in [4.78, 5) is 0. The average molecular weight is 308 g/mol. The Hall–Kier alpha value is -0.980. The number of hydrogen-bond donors (Lipinski definition) is 1. The van der Waals surface area contributed by atoms with Crippen LogP contribution >= 0.6 is 0 Å². The molecule has 2 saturated heterocycles. The lowest BCUT2D eigenvalue weighted by Gasteiger charge is -2.26. The van der Waals surface area contributed by atoms with Crippen molar-refractivity contribution in [1.29, 1.82) is 0 Å². The lowest BCUT2D eigenvalue weighted by atomic mass is 9.97. The Morgan fingerprint density at radius 3 is 2.64 bits per heavy atom. The molecule has 5 heteroatoms. The molecule has 0 bridgehead atoms. The molecule has 0 spiro atoms. The molecule has 2 aliphatic rings. The summed E-state index contributed by atoms with van der Waals surface area (Å²) in [7, 11) is 0. The van der Waals surface area contributed by atoms with Gasteiger partial charge in [-0.1, -0.05) is 37.3 Å². The minimum atomic E-state index is -0.695. The Kier molecular flexibility index (Phi) is 4.52. The summed E-state index contributed by atoms with van der Waals surface area (Å²) >= 11 is 0. The summed E-state index contributed by atoms with van der Waals surface area (Å²) in [5, 5.41) is 10.3. The summed E-state index contributed by atoms with van der Waals surface area (Å²) < 4.78 is 23.0. The quantitative estimate of drug-likeness (QED) is 0.902. The average Bonchev–Trinajstić information content (AvgIpc) is 2.94. The zero-order chi connectivity index (χ0) is 15.7. The highest BCUT2D eigenvalue weighted by molar-refractivity contribution is 5.13. The molecule has 1 aromatic carbocycles. The molecule has 2 aliphatic heterocycles. The van der Waals surface area contributed by atoms with Crippen molar-refractivity contribution in [3.8, 4) is 0 Å². The van der Waals surface area contributed by atoms with E-state index in [1.165, 1.54) is 0 Å². The lowest BCUT2D eigenvalue weighted by Crippen LogP contribution is -2.38. The number of ether oxygens (including phenoxy) is 4. The van der Waals surface area contributed by atoms with Crippen molar-refractivity contribution in [3.63, 3.8) is 0 Å². The maximum Gasteiger partial charge on any atom is 0.187 e. The number of hydrogen-bond acceptors (Lipinski definition) is 5. The van der Waals surface area contributed by atoms with Crippen LogP contribution in [-0.4, -0.2) is 42.1 Å². The Labute approximate surface area is 131 Å². The third-order valence-electron chi connectivity index (χ3n) is 4.20. The van der Waals surface area contributed by atoms with E-state index in [4.69, 9.17) is 18.9 Å². The van der Waals surface area contributed by atoms with E-state index in [1.807, 2.05) is 51.1 Å². The second-order valence-corrected chi connectivity index (χ2v) is 6.50. The number of aliphatic hydroxyl groups is 1. The van der Waals surface area contributed by atoms with Crippen molar-refractivity contribution in [2.75, 3.05) is 6.61 Å². The fourth-order valence-electron chi connectivity index (χ4n) is 3.09. The molecule has 22 heavy (non-hydrogen) atoms. The molecule has 1 N–H and O–H groups in total. The molecule has 0 radical (unpaired) electrons. The van der Waals surface area contributed by atoms with Gasteiger partial charge in [-0.3, -0.25) is 0 Å². The van der Waals surface area contributed by atoms with Crippen LogP contribution in [0, 0.1) is 5.92 Å². The van der Waals surface area contributed by atoms with Gasteiger partial charge in [0.15, 0.2) is 12.1 Å². The molecule has 5 nitrogen and oxygen atoms in total. The molecule has 0 amide bonds. The van der Waals surface area contributed by atoms with Crippen LogP contribution in [0.2, 0.25) is 0 Å². The zero-order valence-electron chi connectivity index (χ0n) is 13.3. The summed E-state index contributed by atoms with van der Waals surface area (Å²) in [5.74, 6) is -0.564. The standard InChI is InChI=1S/C17H24O5/c1-11-14(20-16-15(11)21-17(2,3)22-16)13(18)10-19-9-12-7-5-4-6-8-12/h4-8,11,13-16,18H,9-10H2,1-3H3/t11-,13-,14+,15-,16-/m1/s1. The van der Waals surface area contributed by atoms with Gasteiger partial charge in [0.05, 0.1) is 19.3 Å². The highest BCUT2D eigenvalue weighted by Gasteiger charge is 2.54.